The van der Waals surface area contributed by atoms with Crippen LogP contribution in [0.2, 0.25) is 0 Å². The summed E-state index contributed by atoms with van der Waals surface area (Å²) in [6.45, 7) is 5.36. The molecule has 0 bridgehead atoms. The van der Waals surface area contributed by atoms with E-state index in [9.17, 15) is 4.79 Å². The molecule has 2 heteroatoms. The van der Waals surface area contributed by atoms with Gasteiger partial charge in [0.05, 0.1) is 13.9 Å². The number of esters is 1. The van der Waals surface area contributed by atoms with Gasteiger partial charge in [-0.1, -0.05) is 20.8 Å². The second-order valence-electron chi connectivity index (χ2n) is 3.76. The van der Waals surface area contributed by atoms with Crippen molar-refractivity contribution in [1.82, 2.24) is 0 Å². The van der Waals surface area contributed by atoms with Crippen molar-refractivity contribution in [1.29, 1.82) is 0 Å². The lowest BCUT2D eigenvalue weighted by Crippen LogP contribution is -2.24. The fraction of sp³-hybridized carbons (Fsp3) is 0.875. The van der Waals surface area contributed by atoms with Crippen molar-refractivity contribution in [3.63, 3.8) is 0 Å². The summed E-state index contributed by atoms with van der Waals surface area (Å²) in [5.74, 6) is -0.303. The van der Waals surface area contributed by atoms with Crippen molar-refractivity contribution in [2.24, 2.45) is 11.3 Å². The Bertz CT molecular complexity index is 171. The monoisotopic (exact) mass is 143 g/mol. The maximum Gasteiger partial charge on any atom is 0.309 e. The molecule has 1 saturated heterocycles. The molecule has 0 aromatic carbocycles. The van der Waals surface area contributed by atoms with Crippen LogP contribution in [0, 0.1) is 11.3 Å². The maximum absolute atomic E-state index is 11.1. The third-order valence-electron chi connectivity index (χ3n) is 1.86. The number of ether oxygens (including phenoxy) is 1. The Morgan fingerprint density at radius 2 is 2.30 bits per heavy atom. The molecule has 1 fully saturated rings. The minimum absolute atomic E-state index is 0.0626. The zero-order chi connectivity index (χ0) is 8.65. The van der Waals surface area contributed by atoms with E-state index in [1.165, 1.54) is 0 Å². The predicted molar refractivity (Wildman–Crippen MR) is 38.5 cm³/mol. The summed E-state index contributed by atoms with van der Waals surface area (Å²) in [6, 6.07) is 0. The van der Waals surface area contributed by atoms with Crippen LogP contribution in [-0.4, -0.2) is 12.6 Å². The van der Waals surface area contributed by atoms with Crippen LogP contribution in [0.3, 0.4) is 0 Å². The van der Waals surface area contributed by atoms with Gasteiger partial charge >= 0.3 is 5.97 Å². The Morgan fingerprint density at radius 1 is 1.70 bits per heavy atom. The van der Waals surface area contributed by atoms with Crippen molar-refractivity contribution < 1.29 is 10.9 Å². The molecular weight excluding hydrogens is 128 g/mol. The molecule has 2 atom stereocenters. The first kappa shape index (κ1) is 6.20. The van der Waals surface area contributed by atoms with Gasteiger partial charge in [-0.25, -0.2) is 0 Å². The predicted octanol–water partition coefficient (Wildman–Crippen LogP) is 1.60. The van der Waals surface area contributed by atoms with Crippen LogP contribution in [0.25, 0.3) is 0 Å². The van der Waals surface area contributed by atoms with Gasteiger partial charge < -0.3 is 4.74 Å². The lowest BCUT2D eigenvalue weighted by atomic mass is 9.80. The van der Waals surface area contributed by atoms with Gasteiger partial charge in [0.2, 0.25) is 0 Å². The van der Waals surface area contributed by atoms with E-state index in [1.54, 1.807) is 0 Å². The van der Waals surface area contributed by atoms with E-state index in [4.69, 9.17) is 6.11 Å². The van der Waals surface area contributed by atoms with Gasteiger partial charge in [0.25, 0.3) is 0 Å². The quantitative estimate of drug-likeness (QED) is 0.481. The molecule has 1 aliphatic rings. The highest BCUT2D eigenvalue weighted by molar-refractivity contribution is 5.74. The van der Waals surface area contributed by atoms with Crippen molar-refractivity contribution in [2.45, 2.75) is 27.2 Å². The number of rotatable bonds is 0. The van der Waals surface area contributed by atoms with Gasteiger partial charge in [-0.15, -0.1) is 0 Å². The van der Waals surface area contributed by atoms with Crippen LogP contribution >= 0.6 is 0 Å². The summed E-state index contributed by atoms with van der Waals surface area (Å²) in [4.78, 5) is 11.1. The highest BCUT2D eigenvalue weighted by atomic mass is 16.5. The molecule has 0 amide bonds. The second kappa shape index (κ2) is 2.26. The molecule has 0 aliphatic carbocycles. The molecule has 0 radical (unpaired) electrons. The van der Waals surface area contributed by atoms with E-state index in [2.05, 4.69) is 0 Å². The van der Waals surface area contributed by atoms with Gasteiger partial charge in [0.1, 0.15) is 0 Å². The lowest BCUT2D eigenvalue weighted by molar-refractivity contribution is -0.143. The molecular formula is C8H14O2. The zero-order valence-corrected chi connectivity index (χ0v) is 6.68. The average Bonchev–Trinajstić information content (AvgIpc) is 2.08. The molecule has 1 aliphatic heterocycles. The number of carbonyl (C=O) groups is 1. The Balaban J connectivity index is 2.68. The largest absolute Gasteiger partial charge is 0.465 e. The van der Waals surface area contributed by atoms with Gasteiger partial charge in [-0.3, -0.25) is 4.79 Å². The third-order valence-corrected chi connectivity index (χ3v) is 1.86. The van der Waals surface area contributed by atoms with Crippen LogP contribution in [0.15, 0.2) is 0 Å². The third kappa shape index (κ3) is 1.31. The number of cyclic esters (lactones) is 1. The van der Waals surface area contributed by atoms with Crippen LogP contribution < -0.4 is 0 Å². The van der Waals surface area contributed by atoms with Gasteiger partial charge in [0.15, 0.2) is 0 Å². The van der Waals surface area contributed by atoms with Gasteiger partial charge in [0, 0.05) is 0 Å². The Hall–Kier alpha value is -0.530. The fourth-order valence-corrected chi connectivity index (χ4v) is 1.11. The lowest BCUT2D eigenvalue weighted by Gasteiger charge is -2.22. The average molecular weight is 143 g/mol. The van der Waals surface area contributed by atoms with Crippen LogP contribution in [0.5, 0.6) is 0 Å². The summed E-state index contributed by atoms with van der Waals surface area (Å²) >= 11 is 0. The van der Waals surface area contributed by atoms with E-state index in [1.807, 2.05) is 20.8 Å². The van der Waals surface area contributed by atoms with Crippen LogP contribution in [0.1, 0.15) is 28.6 Å². The zero-order valence-electron chi connectivity index (χ0n) is 7.68. The highest BCUT2D eigenvalue weighted by Gasteiger charge is 2.36. The Morgan fingerprint density at radius 3 is 2.50 bits per heavy atom. The van der Waals surface area contributed by atoms with Gasteiger partial charge in [-0.2, -0.15) is 0 Å². The highest BCUT2D eigenvalue weighted by Crippen LogP contribution is 2.32. The van der Waals surface area contributed by atoms with Crippen molar-refractivity contribution >= 4 is 5.97 Å². The fourth-order valence-electron chi connectivity index (χ4n) is 1.11. The van der Waals surface area contributed by atoms with E-state index in [-0.39, 0.29) is 17.3 Å². The first-order valence-electron chi connectivity index (χ1n) is 4.12. The van der Waals surface area contributed by atoms with Gasteiger partial charge in [-0.05, 0) is 11.8 Å². The normalized spacial score (nSPS) is 35.5. The minimum Gasteiger partial charge on any atom is -0.465 e. The molecule has 1 unspecified atom stereocenters. The molecule has 0 aromatic rings. The van der Waals surface area contributed by atoms with E-state index < -0.39 is 6.58 Å². The van der Waals surface area contributed by atoms with E-state index in [0.717, 1.165) is 0 Å². The molecule has 0 aromatic heterocycles. The van der Waals surface area contributed by atoms with Crippen LogP contribution in [0.4, 0.5) is 0 Å². The minimum atomic E-state index is -0.633. The molecule has 10 heavy (non-hydrogen) atoms. The van der Waals surface area contributed by atoms with Crippen LogP contribution in [-0.2, 0) is 9.53 Å². The smallest absolute Gasteiger partial charge is 0.309 e. The summed E-state index contributed by atoms with van der Waals surface area (Å²) in [7, 11) is 0. The first-order valence-corrected chi connectivity index (χ1v) is 3.54. The van der Waals surface area contributed by atoms with Crippen molar-refractivity contribution in [3.05, 3.63) is 0 Å². The topological polar surface area (TPSA) is 26.3 Å². The Kier molecular flexibility index (Phi) is 1.40. The molecule has 1 heterocycles. The number of hydrogen-bond donors (Lipinski definition) is 0. The molecule has 0 saturated carbocycles. The molecule has 2 nitrogen and oxygen atoms in total. The van der Waals surface area contributed by atoms with E-state index >= 15 is 0 Å². The number of carbonyl (C=O) groups excluding carboxylic acids is 1. The van der Waals surface area contributed by atoms with Crippen molar-refractivity contribution in [3.8, 4) is 0 Å². The molecule has 58 valence electrons. The molecule has 1 rings (SSSR count). The second-order valence-corrected chi connectivity index (χ2v) is 3.76. The van der Waals surface area contributed by atoms with Crippen molar-refractivity contribution in [2.75, 3.05) is 6.58 Å². The summed E-state index contributed by atoms with van der Waals surface area (Å²) in [5, 5.41) is 0. The first-order chi connectivity index (χ1) is 4.91. The molecule has 0 N–H and O–H groups in total. The number of hydrogen-bond acceptors (Lipinski definition) is 2. The summed E-state index contributed by atoms with van der Waals surface area (Å²) in [5.41, 5.74) is -0.0626. The standard InChI is InChI=1S/C8H14O2/c1-8(2,3)6-4-5-10-7(6)9/h6H,4-5H2,1-3H3/t6-/m1/s1/i5D/t5?,6-. The summed E-state index contributed by atoms with van der Waals surface area (Å²) < 4.78 is 12.0. The summed E-state index contributed by atoms with van der Waals surface area (Å²) in [6.07, 6.45) is 0.544. The molecule has 0 spiro atoms. The Labute approximate surface area is 63.0 Å². The van der Waals surface area contributed by atoms with E-state index in [0.29, 0.717) is 6.42 Å². The maximum atomic E-state index is 11.1. The SMILES string of the molecule is [2H]C1C[C@@H](C(C)(C)C)C(=O)O1.